The number of benzene rings is 1. The summed E-state index contributed by atoms with van der Waals surface area (Å²) in [5.41, 5.74) is 6.79. The maximum Gasteiger partial charge on any atom is 0.192 e. The highest BCUT2D eigenvalue weighted by atomic mass is 79.9. The van der Waals surface area contributed by atoms with Gasteiger partial charge in [0.2, 0.25) is 0 Å². The lowest BCUT2D eigenvalue weighted by Gasteiger charge is -2.25. The summed E-state index contributed by atoms with van der Waals surface area (Å²) in [6.07, 6.45) is 4.99. The summed E-state index contributed by atoms with van der Waals surface area (Å²) in [7, 11) is 0. The van der Waals surface area contributed by atoms with Gasteiger partial charge in [0.05, 0.1) is 16.4 Å². The van der Waals surface area contributed by atoms with E-state index in [1.807, 2.05) is 0 Å². The monoisotopic (exact) mass is 307 g/mol. The maximum atomic E-state index is 12.4. The molecular weight excluding hydrogens is 298 g/mol. The number of carbonyl (C=O) groups is 1. The molecule has 1 aromatic carbocycles. The van der Waals surface area contributed by atoms with Crippen LogP contribution in [-0.4, -0.2) is 21.9 Å². The molecule has 5 nitrogen and oxygen atoms in total. The summed E-state index contributed by atoms with van der Waals surface area (Å²) in [5, 5.41) is 0. The molecule has 0 saturated carbocycles. The molecule has 1 atom stereocenters. The van der Waals surface area contributed by atoms with Crippen LogP contribution in [0.1, 0.15) is 16.4 Å². The number of carbonyl (C=O) groups excluding carboxylic acids is 1. The number of ketones is 1. The molecule has 1 aliphatic rings. The van der Waals surface area contributed by atoms with E-state index in [1.165, 1.54) is 0 Å². The molecule has 2 N–H and O–H groups in total. The molecule has 0 aliphatic carbocycles. The Morgan fingerprint density at radius 3 is 3.06 bits per heavy atom. The lowest BCUT2D eigenvalue weighted by atomic mass is 10.0. The van der Waals surface area contributed by atoms with E-state index in [2.05, 4.69) is 20.9 Å². The molecular formula is C12H10BrN3O2. The van der Waals surface area contributed by atoms with Gasteiger partial charge in [-0.25, -0.2) is 4.98 Å². The van der Waals surface area contributed by atoms with Crippen molar-refractivity contribution in [1.29, 1.82) is 0 Å². The molecule has 0 bridgehead atoms. The molecule has 2 aromatic rings. The first-order valence-corrected chi connectivity index (χ1v) is 6.19. The van der Waals surface area contributed by atoms with E-state index >= 15 is 0 Å². The highest BCUT2D eigenvalue weighted by Crippen LogP contribution is 2.37. The van der Waals surface area contributed by atoms with Crippen LogP contribution in [0.15, 0.2) is 35.3 Å². The number of ether oxygens (including phenoxy) is 1. The van der Waals surface area contributed by atoms with Crippen molar-refractivity contribution in [3.05, 3.63) is 40.9 Å². The zero-order valence-corrected chi connectivity index (χ0v) is 10.9. The lowest BCUT2D eigenvalue weighted by molar-refractivity contribution is 0.0840. The van der Waals surface area contributed by atoms with Gasteiger partial charge in [-0.05, 0) is 28.1 Å². The second-order valence-corrected chi connectivity index (χ2v) is 4.93. The quantitative estimate of drug-likeness (QED) is 0.819. The van der Waals surface area contributed by atoms with Crippen LogP contribution in [-0.2, 0) is 0 Å². The summed E-state index contributed by atoms with van der Waals surface area (Å²) in [6.45, 7) is 0.296. The number of Topliss-reactive ketones (excluding diaryl/α,β-unsaturated/α-hetero) is 1. The fraction of sp³-hybridized carbons (Fsp3) is 0.167. The second kappa shape index (κ2) is 4.13. The van der Waals surface area contributed by atoms with E-state index in [-0.39, 0.29) is 11.8 Å². The maximum absolute atomic E-state index is 12.4. The normalized spacial score (nSPS) is 18.3. The Labute approximate surface area is 112 Å². The number of aromatic nitrogens is 2. The van der Waals surface area contributed by atoms with Crippen molar-refractivity contribution >= 4 is 27.4 Å². The molecule has 92 valence electrons. The third-order valence-electron chi connectivity index (χ3n) is 2.90. The number of rotatable bonds is 1. The number of fused-ring (bicyclic) bond motifs is 1. The van der Waals surface area contributed by atoms with Crippen LogP contribution in [0.3, 0.4) is 0 Å². The molecule has 1 aromatic heterocycles. The predicted molar refractivity (Wildman–Crippen MR) is 69.6 cm³/mol. The minimum atomic E-state index is -0.381. The van der Waals surface area contributed by atoms with E-state index < -0.39 is 0 Å². The summed E-state index contributed by atoms with van der Waals surface area (Å²) >= 11 is 3.35. The van der Waals surface area contributed by atoms with Crippen molar-refractivity contribution in [3.8, 4) is 5.75 Å². The molecule has 2 heterocycles. The Hall–Kier alpha value is -1.82. The highest BCUT2D eigenvalue weighted by molar-refractivity contribution is 9.10. The molecule has 0 saturated heterocycles. The number of anilines is 1. The van der Waals surface area contributed by atoms with E-state index in [4.69, 9.17) is 10.5 Å². The molecule has 0 fully saturated rings. The topological polar surface area (TPSA) is 70.1 Å². The van der Waals surface area contributed by atoms with Crippen LogP contribution >= 0.6 is 15.9 Å². The van der Waals surface area contributed by atoms with Crippen LogP contribution in [0.2, 0.25) is 0 Å². The SMILES string of the molecule is Nc1cc(Br)c2c(c1)C(=O)C(n1ccnc1)CO2. The number of hydrogen-bond acceptors (Lipinski definition) is 4. The average Bonchev–Trinajstić information content (AvgIpc) is 2.84. The third-order valence-corrected chi connectivity index (χ3v) is 3.49. The number of halogens is 1. The van der Waals surface area contributed by atoms with Crippen molar-refractivity contribution in [1.82, 2.24) is 9.55 Å². The van der Waals surface area contributed by atoms with E-state index in [1.54, 1.807) is 35.4 Å². The standard InChI is InChI=1S/C12H10BrN3O2/c13-9-4-7(14)3-8-11(17)10(5-18-12(8)9)16-2-1-15-6-16/h1-4,6,10H,5,14H2. The first-order chi connectivity index (χ1) is 8.66. The van der Waals surface area contributed by atoms with E-state index in [9.17, 15) is 4.79 Å². The Balaban J connectivity index is 2.07. The Kier molecular flexibility index (Phi) is 2.59. The van der Waals surface area contributed by atoms with Gasteiger partial charge in [-0.3, -0.25) is 4.79 Å². The summed E-state index contributed by atoms with van der Waals surface area (Å²) in [6, 6.07) is 2.99. The molecule has 1 unspecified atom stereocenters. The zero-order valence-electron chi connectivity index (χ0n) is 9.34. The van der Waals surface area contributed by atoms with Gasteiger partial charge in [-0.1, -0.05) is 0 Å². The van der Waals surface area contributed by atoms with Crippen LogP contribution in [0, 0.1) is 0 Å². The summed E-state index contributed by atoms with van der Waals surface area (Å²) in [4.78, 5) is 16.4. The molecule has 0 radical (unpaired) electrons. The zero-order chi connectivity index (χ0) is 12.7. The first kappa shape index (κ1) is 11.3. The fourth-order valence-corrected chi connectivity index (χ4v) is 2.63. The van der Waals surface area contributed by atoms with Crippen molar-refractivity contribution < 1.29 is 9.53 Å². The average molecular weight is 308 g/mol. The third kappa shape index (κ3) is 1.69. The van der Waals surface area contributed by atoms with Gasteiger partial charge in [-0.2, -0.15) is 0 Å². The van der Waals surface area contributed by atoms with Crippen molar-refractivity contribution in [2.75, 3.05) is 12.3 Å². The van der Waals surface area contributed by atoms with Crippen LogP contribution in [0.25, 0.3) is 0 Å². The van der Waals surface area contributed by atoms with Gasteiger partial charge in [0.15, 0.2) is 5.78 Å². The van der Waals surface area contributed by atoms with E-state index in [0.29, 0.717) is 28.1 Å². The molecule has 6 heteroatoms. The van der Waals surface area contributed by atoms with Crippen LogP contribution in [0.5, 0.6) is 5.75 Å². The summed E-state index contributed by atoms with van der Waals surface area (Å²) in [5.74, 6) is 0.549. The van der Waals surface area contributed by atoms with Gasteiger partial charge in [0.25, 0.3) is 0 Å². The van der Waals surface area contributed by atoms with Crippen LogP contribution in [0.4, 0.5) is 5.69 Å². The predicted octanol–water partition coefficient (Wildman–Crippen LogP) is 2.04. The number of nitrogens with two attached hydrogens (primary N) is 1. The second-order valence-electron chi connectivity index (χ2n) is 4.08. The Morgan fingerprint density at radius 2 is 2.33 bits per heavy atom. The Morgan fingerprint density at radius 1 is 1.50 bits per heavy atom. The van der Waals surface area contributed by atoms with Crippen LogP contribution < -0.4 is 10.5 Å². The van der Waals surface area contributed by atoms with Gasteiger partial charge in [0, 0.05) is 18.1 Å². The number of hydrogen-bond donors (Lipinski definition) is 1. The van der Waals surface area contributed by atoms with Gasteiger partial charge >= 0.3 is 0 Å². The number of nitrogens with zero attached hydrogens (tertiary/aromatic N) is 2. The molecule has 1 aliphatic heterocycles. The number of imidazole rings is 1. The highest BCUT2D eigenvalue weighted by Gasteiger charge is 2.31. The van der Waals surface area contributed by atoms with E-state index in [0.717, 1.165) is 0 Å². The number of nitrogen functional groups attached to an aromatic ring is 1. The minimum Gasteiger partial charge on any atom is -0.489 e. The van der Waals surface area contributed by atoms with Crippen molar-refractivity contribution in [2.24, 2.45) is 0 Å². The van der Waals surface area contributed by atoms with Gasteiger partial charge in [-0.15, -0.1) is 0 Å². The Bertz CT molecular complexity index is 610. The molecule has 18 heavy (non-hydrogen) atoms. The minimum absolute atomic E-state index is 0.0118. The lowest BCUT2D eigenvalue weighted by Crippen LogP contribution is -2.30. The molecule has 0 spiro atoms. The first-order valence-electron chi connectivity index (χ1n) is 5.40. The largest absolute Gasteiger partial charge is 0.489 e. The summed E-state index contributed by atoms with van der Waals surface area (Å²) < 4.78 is 8.09. The molecule has 0 amide bonds. The van der Waals surface area contributed by atoms with Gasteiger partial charge < -0.3 is 15.0 Å². The fourth-order valence-electron chi connectivity index (χ4n) is 2.04. The smallest absolute Gasteiger partial charge is 0.192 e. The molecule has 3 rings (SSSR count). The van der Waals surface area contributed by atoms with Crippen molar-refractivity contribution in [2.45, 2.75) is 6.04 Å². The van der Waals surface area contributed by atoms with Crippen molar-refractivity contribution in [3.63, 3.8) is 0 Å². The van der Waals surface area contributed by atoms with Gasteiger partial charge in [0.1, 0.15) is 18.4 Å².